The second kappa shape index (κ2) is 5.09. The first-order valence-corrected chi connectivity index (χ1v) is 4.28. The first-order valence-electron chi connectivity index (χ1n) is 4.28. The van der Waals surface area contributed by atoms with Gasteiger partial charge in [-0.1, -0.05) is 18.2 Å². The fourth-order valence-electron chi connectivity index (χ4n) is 0.990. The van der Waals surface area contributed by atoms with Crippen LogP contribution in [0.25, 0.3) is 0 Å². The first kappa shape index (κ1) is 11.2. The van der Waals surface area contributed by atoms with Crippen LogP contribution in [-0.2, 0) is 4.74 Å². The summed E-state index contributed by atoms with van der Waals surface area (Å²) in [6.45, 7) is 1.59. The molecule has 0 aliphatic heterocycles. The van der Waals surface area contributed by atoms with Crippen molar-refractivity contribution in [3.05, 3.63) is 35.6 Å². The highest BCUT2D eigenvalue weighted by molar-refractivity contribution is 5.99. The van der Waals surface area contributed by atoms with E-state index < -0.39 is 6.09 Å². The fourth-order valence-corrected chi connectivity index (χ4v) is 0.990. The Morgan fingerprint density at radius 2 is 2.13 bits per heavy atom. The van der Waals surface area contributed by atoms with Gasteiger partial charge in [0, 0.05) is 5.56 Å². The average Bonchev–Trinajstić information content (AvgIpc) is 2.26. The monoisotopic (exact) mass is 210 g/mol. The van der Waals surface area contributed by atoms with E-state index in [1.165, 1.54) is 13.2 Å². The van der Waals surface area contributed by atoms with Crippen LogP contribution in [0.15, 0.2) is 29.4 Å². The van der Waals surface area contributed by atoms with E-state index in [9.17, 15) is 9.18 Å². The van der Waals surface area contributed by atoms with Crippen LogP contribution in [0.4, 0.5) is 9.18 Å². The molecule has 1 aromatic carbocycles. The van der Waals surface area contributed by atoms with Crippen molar-refractivity contribution < 1.29 is 13.9 Å². The Morgan fingerprint density at radius 3 is 2.73 bits per heavy atom. The third kappa shape index (κ3) is 3.05. The molecule has 0 bridgehead atoms. The highest BCUT2D eigenvalue weighted by Gasteiger charge is 2.04. The standard InChI is InChI=1S/C10H11FN2O2/c1-7(12-13-10(14)15-2)8-5-3-4-6-9(8)11/h3-6H,1-2H3,(H,13,14)/b12-7-. The normalized spacial score (nSPS) is 11.0. The Balaban J connectivity index is 2.80. The van der Waals surface area contributed by atoms with E-state index in [-0.39, 0.29) is 5.82 Å². The molecule has 0 heterocycles. The molecule has 0 fully saturated rings. The van der Waals surface area contributed by atoms with E-state index in [1.807, 2.05) is 0 Å². The Bertz CT molecular complexity index is 391. The quantitative estimate of drug-likeness (QED) is 0.598. The number of hydrazone groups is 1. The number of hydrogen-bond donors (Lipinski definition) is 1. The molecule has 0 aliphatic carbocycles. The SMILES string of the molecule is COC(=O)N/N=C(/C)c1ccccc1F. The van der Waals surface area contributed by atoms with Crippen molar-refractivity contribution in [2.75, 3.05) is 7.11 Å². The smallest absolute Gasteiger partial charge is 0.427 e. The molecule has 4 nitrogen and oxygen atoms in total. The Hall–Kier alpha value is -1.91. The topological polar surface area (TPSA) is 50.7 Å². The first-order chi connectivity index (χ1) is 7.15. The van der Waals surface area contributed by atoms with E-state index in [4.69, 9.17) is 0 Å². The number of nitrogens with one attached hydrogen (secondary N) is 1. The van der Waals surface area contributed by atoms with Gasteiger partial charge in [-0.2, -0.15) is 5.10 Å². The molecule has 15 heavy (non-hydrogen) atoms. The van der Waals surface area contributed by atoms with Crippen molar-refractivity contribution in [1.29, 1.82) is 0 Å². The minimum atomic E-state index is -0.689. The van der Waals surface area contributed by atoms with Crippen molar-refractivity contribution in [3.8, 4) is 0 Å². The van der Waals surface area contributed by atoms with E-state index in [1.54, 1.807) is 25.1 Å². The van der Waals surface area contributed by atoms with Crippen molar-refractivity contribution >= 4 is 11.8 Å². The zero-order valence-corrected chi connectivity index (χ0v) is 8.45. The molecule has 0 spiro atoms. The van der Waals surface area contributed by atoms with E-state index in [0.29, 0.717) is 11.3 Å². The lowest BCUT2D eigenvalue weighted by Gasteiger charge is -2.02. The van der Waals surface area contributed by atoms with Crippen molar-refractivity contribution in [2.24, 2.45) is 5.10 Å². The molecular formula is C10H11FN2O2. The number of halogens is 1. The molecule has 0 atom stereocenters. The zero-order chi connectivity index (χ0) is 11.3. The van der Waals surface area contributed by atoms with Crippen molar-refractivity contribution in [1.82, 2.24) is 5.43 Å². The van der Waals surface area contributed by atoms with E-state index in [2.05, 4.69) is 15.3 Å². The van der Waals surface area contributed by atoms with E-state index in [0.717, 1.165) is 0 Å². The largest absolute Gasteiger partial charge is 0.452 e. The molecular weight excluding hydrogens is 199 g/mol. The second-order valence-corrected chi connectivity index (χ2v) is 2.78. The van der Waals surface area contributed by atoms with Gasteiger partial charge in [0.15, 0.2) is 0 Å². The van der Waals surface area contributed by atoms with E-state index >= 15 is 0 Å². The fraction of sp³-hybridized carbons (Fsp3) is 0.200. The number of hydrogen-bond acceptors (Lipinski definition) is 3. The molecule has 0 aliphatic rings. The highest BCUT2D eigenvalue weighted by atomic mass is 19.1. The summed E-state index contributed by atoms with van der Waals surface area (Å²) in [7, 11) is 1.23. The third-order valence-corrected chi connectivity index (χ3v) is 1.76. The van der Waals surface area contributed by atoms with Gasteiger partial charge in [-0.25, -0.2) is 14.6 Å². The van der Waals surface area contributed by atoms with Crippen LogP contribution < -0.4 is 5.43 Å². The van der Waals surface area contributed by atoms with Crippen LogP contribution in [-0.4, -0.2) is 18.9 Å². The van der Waals surface area contributed by atoms with Crippen molar-refractivity contribution in [3.63, 3.8) is 0 Å². The zero-order valence-electron chi connectivity index (χ0n) is 8.45. The summed E-state index contributed by atoms with van der Waals surface area (Å²) >= 11 is 0. The molecule has 1 aromatic rings. The molecule has 0 saturated carbocycles. The molecule has 0 saturated heterocycles. The molecule has 0 aromatic heterocycles. The lowest BCUT2D eigenvalue weighted by Crippen LogP contribution is -2.19. The van der Waals surface area contributed by atoms with Crippen molar-refractivity contribution in [2.45, 2.75) is 6.92 Å². The number of ether oxygens (including phenoxy) is 1. The summed E-state index contributed by atoms with van der Waals surface area (Å²) in [6, 6.07) is 6.18. The van der Waals surface area contributed by atoms with Gasteiger partial charge < -0.3 is 4.74 Å². The van der Waals surface area contributed by atoms with Crippen LogP contribution in [0, 0.1) is 5.82 Å². The van der Waals surface area contributed by atoms with Gasteiger partial charge in [0.1, 0.15) is 5.82 Å². The van der Waals surface area contributed by atoms with Gasteiger partial charge >= 0.3 is 6.09 Å². The molecule has 5 heteroatoms. The Kier molecular flexibility index (Phi) is 3.79. The maximum absolute atomic E-state index is 13.2. The van der Waals surface area contributed by atoms with Crippen LogP contribution >= 0.6 is 0 Å². The number of nitrogens with zero attached hydrogens (tertiary/aromatic N) is 1. The van der Waals surface area contributed by atoms with Gasteiger partial charge in [-0.05, 0) is 13.0 Å². The Morgan fingerprint density at radius 1 is 1.47 bits per heavy atom. The lowest BCUT2D eigenvalue weighted by atomic mass is 10.1. The summed E-state index contributed by atoms with van der Waals surface area (Å²) in [5, 5.41) is 3.68. The van der Waals surface area contributed by atoms with Gasteiger partial charge in [0.2, 0.25) is 0 Å². The minimum absolute atomic E-state index is 0.342. The molecule has 1 rings (SSSR count). The number of amides is 1. The van der Waals surface area contributed by atoms with Gasteiger partial charge in [-0.15, -0.1) is 0 Å². The number of rotatable bonds is 2. The predicted molar refractivity (Wildman–Crippen MR) is 54.2 cm³/mol. The maximum atomic E-state index is 13.2. The highest BCUT2D eigenvalue weighted by Crippen LogP contribution is 2.07. The number of methoxy groups -OCH3 is 1. The van der Waals surface area contributed by atoms with Crippen LogP contribution in [0.1, 0.15) is 12.5 Å². The molecule has 0 unspecified atom stereocenters. The van der Waals surface area contributed by atoms with Crippen LogP contribution in [0.3, 0.4) is 0 Å². The van der Waals surface area contributed by atoms with Crippen LogP contribution in [0.2, 0.25) is 0 Å². The van der Waals surface area contributed by atoms with Gasteiger partial charge in [0.05, 0.1) is 12.8 Å². The van der Waals surface area contributed by atoms with Gasteiger partial charge in [0.25, 0.3) is 0 Å². The summed E-state index contributed by atoms with van der Waals surface area (Å²) in [4.78, 5) is 10.7. The molecule has 0 radical (unpaired) electrons. The predicted octanol–water partition coefficient (Wildman–Crippen LogP) is 1.91. The average molecular weight is 210 g/mol. The Labute approximate surface area is 86.7 Å². The summed E-state index contributed by atoms with van der Waals surface area (Å²) in [5.41, 5.74) is 2.83. The third-order valence-electron chi connectivity index (χ3n) is 1.76. The molecule has 80 valence electrons. The minimum Gasteiger partial charge on any atom is -0.452 e. The van der Waals surface area contributed by atoms with Crippen LogP contribution in [0.5, 0.6) is 0 Å². The summed E-state index contributed by atoms with van der Waals surface area (Å²) in [5.74, 6) is -0.384. The second-order valence-electron chi connectivity index (χ2n) is 2.78. The maximum Gasteiger partial charge on any atom is 0.427 e. The molecule has 1 N–H and O–H groups in total. The summed E-state index contributed by atoms with van der Waals surface area (Å²) < 4.78 is 17.5. The number of carbonyl (C=O) groups is 1. The number of benzene rings is 1. The lowest BCUT2D eigenvalue weighted by molar-refractivity contribution is 0.171. The summed E-state index contributed by atoms with van der Waals surface area (Å²) in [6.07, 6.45) is -0.689. The number of carbonyl (C=O) groups excluding carboxylic acids is 1. The molecule has 1 amide bonds. The van der Waals surface area contributed by atoms with Gasteiger partial charge in [-0.3, -0.25) is 0 Å².